The van der Waals surface area contributed by atoms with Crippen molar-refractivity contribution < 1.29 is 14.3 Å². The molecule has 0 aliphatic carbocycles. The Bertz CT molecular complexity index is 877. The average Bonchev–Trinajstić information content (AvgIpc) is 2.95. The molecule has 7 heteroatoms. The lowest BCUT2D eigenvalue weighted by molar-refractivity contribution is 0.102. The second-order valence-electron chi connectivity index (χ2n) is 4.89. The van der Waals surface area contributed by atoms with E-state index in [1.165, 1.54) is 11.3 Å². The number of halogens is 1. The van der Waals surface area contributed by atoms with Crippen LogP contribution in [0.2, 0.25) is 5.02 Å². The number of nitrogens with one attached hydrogen (secondary N) is 1. The topological polar surface area (TPSA) is 60.5 Å². The molecule has 0 bridgehead atoms. The number of thiazole rings is 1. The van der Waals surface area contributed by atoms with E-state index in [-0.39, 0.29) is 5.91 Å². The molecule has 124 valence electrons. The normalized spacial score (nSPS) is 10.6. The molecule has 2 aromatic carbocycles. The van der Waals surface area contributed by atoms with Gasteiger partial charge in [0.15, 0.2) is 5.13 Å². The molecular formula is C17H15ClN2O3S. The Morgan fingerprint density at radius 1 is 1.29 bits per heavy atom. The third kappa shape index (κ3) is 3.44. The van der Waals surface area contributed by atoms with Crippen molar-refractivity contribution in [3.05, 3.63) is 47.0 Å². The van der Waals surface area contributed by atoms with Crippen molar-refractivity contribution in [1.29, 1.82) is 0 Å². The number of rotatable bonds is 5. The Balaban J connectivity index is 1.79. The smallest absolute Gasteiger partial charge is 0.257 e. The Hall–Kier alpha value is -2.31. The van der Waals surface area contributed by atoms with Gasteiger partial charge in [0.1, 0.15) is 11.5 Å². The van der Waals surface area contributed by atoms with Crippen LogP contribution in [0.4, 0.5) is 5.13 Å². The fourth-order valence-corrected chi connectivity index (χ4v) is 3.28. The summed E-state index contributed by atoms with van der Waals surface area (Å²) < 4.78 is 11.4. The van der Waals surface area contributed by atoms with Crippen LogP contribution >= 0.6 is 22.9 Å². The lowest BCUT2D eigenvalue weighted by atomic mass is 10.2. The fraction of sp³-hybridized carbons (Fsp3) is 0.176. The largest absolute Gasteiger partial charge is 0.495 e. The van der Waals surface area contributed by atoms with Crippen LogP contribution in [0.25, 0.3) is 10.2 Å². The van der Waals surface area contributed by atoms with Crippen molar-refractivity contribution in [3.63, 3.8) is 0 Å². The summed E-state index contributed by atoms with van der Waals surface area (Å²) in [5.74, 6) is 1.09. The molecule has 0 radical (unpaired) electrons. The summed E-state index contributed by atoms with van der Waals surface area (Å²) in [5, 5.41) is 3.79. The van der Waals surface area contributed by atoms with E-state index < -0.39 is 0 Å². The zero-order valence-corrected chi connectivity index (χ0v) is 14.7. The van der Waals surface area contributed by atoms with Crippen molar-refractivity contribution in [2.75, 3.05) is 19.0 Å². The van der Waals surface area contributed by atoms with Gasteiger partial charge in [-0.15, -0.1) is 0 Å². The molecule has 1 N–H and O–H groups in total. The lowest BCUT2D eigenvalue weighted by Crippen LogP contribution is -2.11. The van der Waals surface area contributed by atoms with Crippen LogP contribution in [0.5, 0.6) is 11.5 Å². The molecule has 24 heavy (non-hydrogen) atoms. The number of nitrogens with zero attached hydrogens (tertiary/aromatic N) is 1. The quantitative estimate of drug-likeness (QED) is 0.720. The van der Waals surface area contributed by atoms with Crippen LogP contribution in [0.3, 0.4) is 0 Å². The van der Waals surface area contributed by atoms with Crippen LogP contribution in [0.15, 0.2) is 36.4 Å². The van der Waals surface area contributed by atoms with Gasteiger partial charge in [0, 0.05) is 11.6 Å². The third-order valence-electron chi connectivity index (χ3n) is 3.31. The monoisotopic (exact) mass is 362 g/mol. The predicted octanol–water partition coefficient (Wildman–Crippen LogP) is 4.61. The van der Waals surface area contributed by atoms with E-state index in [1.54, 1.807) is 37.4 Å². The number of anilines is 1. The minimum Gasteiger partial charge on any atom is -0.495 e. The SMILES string of the molecule is CCOc1ccc(C(=O)Nc2nc3cc(Cl)c(OC)cc3s2)cc1. The molecule has 0 saturated heterocycles. The van der Waals surface area contributed by atoms with Crippen molar-refractivity contribution >= 4 is 44.2 Å². The van der Waals surface area contributed by atoms with Crippen LogP contribution in [-0.4, -0.2) is 24.6 Å². The van der Waals surface area contributed by atoms with Crippen LogP contribution < -0.4 is 14.8 Å². The molecule has 0 unspecified atom stereocenters. The standard InChI is InChI=1S/C17H15ClN2O3S/c1-3-23-11-6-4-10(5-7-11)16(21)20-17-19-13-8-12(18)14(22-2)9-15(13)24-17/h4-9H,3H2,1-2H3,(H,19,20,21). The van der Waals surface area contributed by atoms with Gasteiger partial charge in [-0.1, -0.05) is 22.9 Å². The van der Waals surface area contributed by atoms with E-state index in [4.69, 9.17) is 21.1 Å². The Morgan fingerprint density at radius 2 is 2.04 bits per heavy atom. The number of fused-ring (bicyclic) bond motifs is 1. The van der Waals surface area contributed by atoms with Crippen molar-refractivity contribution in [3.8, 4) is 11.5 Å². The summed E-state index contributed by atoms with van der Waals surface area (Å²) in [6.45, 7) is 2.50. The van der Waals surface area contributed by atoms with E-state index in [0.29, 0.717) is 33.6 Å². The van der Waals surface area contributed by atoms with Crippen LogP contribution in [-0.2, 0) is 0 Å². The summed E-state index contributed by atoms with van der Waals surface area (Å²) in [6.07, 6.45) is 0. The van der Waals surface area contributed by atoms with E-state index >= 15 is 0 Å². The second kappa shape index (κ2) is 7.07. The highest BCUT2D eigenvalue weighted by molar-refractivity contribution is 7.22. The number of amides is 1. The number of carbonyl (C=O) groups excluding carboxylic acids is 1. The summed E-state index contributed by atoms with van der Waals surface area (Å²) >= 11 is 7.46. The van der Waals surface area contributed by atoms with Gasteiger partial charge in [-0.05, 0) is 37.3 Å². The fourth-order valence-electron chi connectivity index (χ4n) is 2.18. The molecule has 3 rings (SSSR count). The van der Waals surface area contributed by atoms with E-state index in [2.05, 4.69) is 10.3 Å². The lowest BCUT2D eigenvalue weighted by Gasteiger charge is -2.04. The first-order valence-corrected chi connectivity index (χ1v) is 8.48. The van der Waals surface area contributed by atoms with Crippen molar-refractivity contribution in [2.24, 2.45) is 0 Å². The molecule has 0 aliphatic rings. The van der Waals surface area contributed by atoms with Crippen LogP contribution in [0.1, 0.15) is 17.3 Å². The highest BCUT2D eigenvalue weighted by Crippen LogP contribution is 2.34. The maximum absolute atomic E-state index is 12.3. The summed E-state index contributed by atoms with van der Waals surface area (Å²) in [5.41, 5.74) is 1.25. The van der Waals surface area contributed by atoms with Crippen molar-refractivity contribution in [1.82, 2.24) is 4.98 Å². The van der Waals surface area contributed by atoms with Gasteiger partial charge in [0.25, 0.3) is 5.91 Å². The number of carbonyl (C=O) groups is 1. The van der Waals surface area contributed by atoms with Gasteiger partial charge in [0.2, 0.25) is 0 Å². The molecular weight excluding hydrogens is 348 g/mol. The summed E-state index contributed by atoms with van der Waals surface area (Å²) in [4.78, 5) is 16.7. The zero-order chi connectivity index (χ0) is 17.1. The third-order valence-corrected chi connectivity index (χ3v) is 4.54. The number of hydrogen-bond acceptors (Lipinski definition) is 5. The number of aromatic nitrogens is 1. The average molecular weight is 363 g/mol. The Labute approximate surface area is 148 Å². The first-order chi connectivity index (χ1) is 11.6. The minimum absolute atomic E-state index is 0.227. The zero-order valence-electron chi connectivity index (χ0n) is 13.1. The van der Waals surface area contributed by atoms with Gasteiger partial charge in [-0.25, -0.2) is 4.98 Å². The number of benzene rings is 2. The number of methoxy groups -OCH3 is 1. The number of hydrogen-bond donors (Lipinski definition) is 1. The molecule has 0 atom stereocenters. The highest BCUT2D eigenvalue weighted by atomic mass is 35.5. The Morgan fingerprint density at radius 3 is 2.71 bits per heavy atom. The van der Waals surface area contributed by atoms with E-state index in [0.717, 1.165) is 10.4 Å². The molecule has 0 aliphatic heterocycles. The Kier molecular flexibility index (Phi) is 4.87. The molecule has 0 saturated carbocycles. The van der Waals surface area contributed by atoms with Crippen LogP contribution in [0, 0.1) is 0 Å². The number of ether oxygens (including phenoxy) is 2. The maximum atomic E-state index is 12.3. The van der Waals surface area contributed by atoms with Gasteiger partial charge >= 0.3 is 0 Å². The van der Waals surface area contributed by atoms with E-state index in [1.807, 2.05) is 13.0 Å². The van der Waals surface area contributed by atoms with Gasteiger partial charge in [-0.3, -0.25) is 10.1 Å². The molecule has 1 amide bonds. The molecule has 1 heterocycles. The second-order valence-corrected chi connectivity index (χ2v) is 6.32. The maximum Gasteiger partial charge on any atom is 0.257 e. The van der Waals surface area contributed by atoms with Gasteiger partial charge < -0.3 is 9.47 Å². The van der Waals surface area contributed by atoms with Gasteiger partial charge in [0.05, 0.1) is 29.0 Å². The first kappa shape index (κ1) is 16.5. The molecule has 1 aromatic heterocycles. The van der Waals surface area contributed by atoms with Gasteiger partial charge in [-0.2, -0.15) is 0 Å². The highest BCUT2D eigenvalue weighted by Gasteiger charge is 2.12. The molecule has 0 fully saturated rings. The molecule has 0 spiro atoms. The van der Waals surface area contributed by atoms with Crippen molar-refractivity contribution in [2.45, 2.75) is 6.92 Å². The summed E-state index contributed by atoms with van der Waals surface area (Å²) in [6, 6.07) is 10.5. The predicted molar refractivity (Wildman–Crippen MR) is 96.7 cm³/mol. The molecule has 5 nitrogen and oxygen atoms in total. The first-order valence-electron chi connectivity index (χ1n) is 7.29. The van der Waals surface area contributed by atoms with E-state index in [9.17, 15) is 4.79 Å². The minimum atomic E-state index is -0.227. The molecule has 3 aromatic rings. The summed E-state index contributed by atoms with van der Waals surface area (Å²) in [7, 11) is 1.56.